The van der Waals surface area contributed by atoms with Crippen LogP contribution in [0.3, 0.4) is 0 Å². The quantitative estimate of drug-likeness (QED) is 0.600. The summed E-state index contributed by atoms with van der Waals surface area (Å²) in [6, 6.07) is 15.8. The Morgan fingerprint density at radius 1 is 1.15 bits per heavy atom. The van der Waals surface area contributed by atoms with Crippen LogP contribution in [0.2, 0.25) is 5.02 Å². The second kappa shape index (κ2) is 10.2. The van der Waals surface area contributed by atoms with Crippen molar-refractivity contribution in [1.82, 2.24) is 5.32 Å². The predicted molar refractivity (Wildman–Crippen MR) is 108 cm³/mol. The van der Waals surface area contributed by atoms with Gasteiger partial charge in [0.2, 0.25) is 0 Å². The van der Waals surface area contributed by atoms with E-state index in [2.05, 4.69) is 43.4 Å². The summed E-state index contributed by atoms with van der Waals surface area (Å²) in [4.78, 5) is 12.3. The third kappa shape index (κ3) is 6.38. The minimum absolute atomic E-state index is 0.0809. The molecule has 2 aromatic carbocycles. The van der Waals surface area contributed by atoms with Gasteiger partial charge in [-0.3, -0.25) is 4.79 Å². The number of hydrogen-bond acceptors (Lipinski definition) is 2. The number of nitrogens with one attached hydrogen (secondary N) is 1. The fraction of sp³-hybridized carbons (Fsp3) is 0.409. The van der Waals surface area contributed by atoms with Crippen molar-refractivity contribution in [3.05, 3.63) is 64.7 Å². The summed E-state index contributed by atoms with van der Waals surface area (Å²) in [6.45, 7) is 6.96. The number of ether oxygens (including phenoxy) is 1. The van der Waals surface area contributed by atoms with E-state index in [1.165, 1.54) is 11.1 Å². The van der Waals surface area contributed by atoms with Gasteiger partial charge in [0.1, 0.15) is 5.75 Å². The Bertz CT molecular complexity index is 698. The summed E-state index contributed by atoms with van der Waals surface area (Å²) < 4.78 is 5.76. The predicted octanol–water partition coefficient (Wildman–Crippen LogP) is 5.37. The molecule has 0 heterocycles. The lowest BCUT2D eigenvalue weighted by molar-refractivity contribution is -0.128. The first kappa shape index (κ1) is 20.3. The normalized spacial score (nSPS) is 12.0. The molecule has 0 aliphatic heterocycles. The van der Waals surface area contributed by atoms with Crippen LogP contribution < -0.4 is 10.1 Å². The second-order valence-corrected chi connectivity index (χ2v) is 7.20. The number of rotatable bonds is 9. The molecule has 140 valence electrons. The molecule has 26 heavy (non-hydrogen) atoms. The Balaban J connectivity index is 1.76. The molecule has 0 bridgehead atoms. The van der Waals surface area contributed by atoms with Gasteiger partial charge < -0.3 is 10.1 Å². The van der Waals surface area contributed by atoms with Crippen molar-refractivity contribution >= 4 is 17.5 Å². The van der Waals surface area contributed by atoms with E-state index in [1.807, 2.05) is 19.1 Å². The molecular formula is C22H28ClNO2. The van der Waals surface area contributed by atoms with E-state index >= 15 is 0 Å². The van der Waals surface area contributed by atoms with Gasteiger partial charge in [0.05, 0.1) is 0 Å². The Hall–Kier alpha value is -2.00. The summed E-state index contributed by atoms with van der Waals surface area (Å²) in [5, 5.41) is 3.57. The summed E-state index contributed by atoms with van der Waals surface area (Å²) in [5.74, 6) is 1.08. The molecule has 1 unspecified atom stereocenters. The molecule has 3 nitrogen and oxygen atoms in total. The molecule has 0 aromatic heterocycles. The largest absolute Gasteiger partial charge is 0.481 e. The maximum absolute atomic E-state index is 12.3. The van der Waals surface area contributed by atoms with Gasteiger partial charge in [-0.1, -0.05) is 62.7 Å². The van der Waals surface area contributed by atoms with E-state index in [-0.39, 0.29) is 5.91 Å². The highest BCUT2D eigenvalue weighted by molar-refractivity contribution is 6.30. The average Bonchev–Trinajstić information content (AvgIpc) is 2.63. The smallest absolute Gasteiger partial charge is 0.261 e. The van der Waals surface area contributed by atoms with Crippen LogP contribution in [0.4, 0.5) is 0 Å². The molecule has 1 amide bonds. The van der Waals surface area contributed by atoms with E-state index in [0.29, 0.717) is 29.7 Å². The van der Waals surface area contributed by atoms with E-state index in [9.17, 15) is 4.79 Å². The lowest BCUT2D eigenvalue weighted by Gasteiger charge is -2.17. The zero-order valence-electron chi connectivity index (χ0n) is 15.8. The third-order valence-corrected chi connectivity index (χ3v) is 4.56. The monoisotopic (exact) mass is 373 g/mol. The van der Waals surface area contributed by atoms with Gasteiger partial charge in [-0.05, 0) is 54.5 Å². The zero-order chi connectivity index (χ0) is 18.9. The SMILES string of the molecule is CCC(Oc1cccc(Cl)c1)C(=O)NCCCc1ccc(C(C)C)cc1. The van der Waals surface area contributed by atoms with Crippen LogP contribution in [0.25, 0.3) is 0 Å². The van der Waals surface area contributed by atoms with Crippen LogP contribution in [-0.2, 0) is 11.2 Å². The number of halogens is 1. The van der Waals surface area contributed by atoms with Gasteiger partial charge in [0.15, 0.2) is 6.10 Å². The average molecular weight is 374 g/mol. The van der Waals surface area contributed by atoms with Gasteiger partial charge in [0.25, 0.3) is 5.91 Å². The van der Waals surface area contributed by atoms with Crippen LogP contribution in [0.1, 0.15) is 50.7 Å². The maximum Gasteiger partial charge on any atom is 0.261 e. The topological polar surface area (TPSA) is 38.3 Å². The van der Waals surface area contributed by atoms with Crippen molar-refractivity contribution in [3.8, 4) is 5.75 Å². The summed E-state index contributed by atoms with van der Waals surface area (Å²) in [5.41, 5.74) is 2.65. The molecule has 0 saturated heterocycles. The van der Waals surface area contributed by atoms with E-state index in [4.69, 9.17) is 16.3 Å². The van der Waals surface area contributed by atoms with Gasteiger partial charge in [-0.15, -0.1) is 0 Å². The van der Waals surface area contributed by atoms with Gasteiger partial charge in [0, 0.05) is 11.6 Å². The fourth-order valence-corrected chi connectivity index (χ4v) is 2.89. The van der Waals surface area contributed by atoms with Crippen molar-refractivity contribution in [2.24, 2.45) is 0 Å². The molecular weight excluding hydrogens is 346 g/mol. The third-order valence-electron chi connectivity index (χ3n) is 4.33. The first-order valence-corrected chi connectivity index (χ1v) is 9.66. The second-order valence-electron chi connectivity index (χ2n) is 6.76. The highest BCUT2D eigenvalue weighted by atomic mass is 35.5. The maximum atomic E-state index is 12.3. The fourth-order valence-electron chi connectivity index (χ4n) is 2.71. The van der Waals surface area contributed by atoms with Crippen LogP contribution in [-0.4, -0.2) is 18.6 Å². The Kier molecular flexibility index (Phi) is 7.99. The molecule has 2 rings (SSSR count). The first-order chi connectivity index (χ1) is 12.5. The summed E-state index contributed by atoms with van der Waals surface area (Å²) >= 11 is 5.96. The Labute approximate surface area is 161 Å². The van der Waals surface area contributed by atoms with Gasteiger partial charge in [-0.2, -0.15) is 0 Å². The van der Waals surface area contributed by atoms with Crippen LogP contribution in [0.5, 0.6) is 5.75 Å². The van der Waals surface area contributed by atoms with Crippen molar-refractivity contribution in [2.45, 2.75) is 52.1 Å². The minimum Gasteiger partial charge on any atom is -0.481 e. The first-order valence-electron chi connectivity index (χ1n) is 9.28. The highest BCUT2D eigenvalue weighted by Gasteiger charge is 2.17. The molecule has 0 spiro atoms. The van der Waals surface area contributed by atoms with Gasteiger partial charge >= 0.3 is 0 Å². The van der Waals surface area contributed by atoms with Crippen LogP contribution in [0.15, 0.2) is 48.5 Å². The molecule has 1 N–H and O–H groups in total. The molecule has 4 heteroatoms. The minimum atomic E-state index is -0.501. The lowest BCUT2D eigenvalue weighted by Crippen LogP contribution is -2.38. The molecule has 0 aliphatic rings. The molecule has 0 fully saturated rings. The number of carbonyl (C=O) groups is 1. The van der Waals surface area contributed by atoms with Crippen LogP contribution in [0, 0.1) is 0 Å². The lowest BCUT2D eigenvalue weighted by atomic mass is 10.0. The number of hydrogen-bond donors (Lipinski definition) is 1. The standard InChI is InChI=1S/C22H28ClNO2/c1-4-21(26-20-9-5-8-19(23)15-20)22(25)24-14-6-7-17-10-12-18(13-11-17)16(2)3/h5,8-13,15-16,21H,4,6-7,14H2,1-3H3,(H,24,25). The molecule has 1 atom stereocenters. The molecule has 0 radical (unpaired) electrons. The van der Waals surface area contributed by atoms with Crippen molar-refractivity contribution in [3.63, 3.8) is 0 Å². The van der Waals surface area contributed by atoms with Crippen molar-refractivity contribution in [2.75, 3.05) is 6.54 Å². The molecule has 2 aromatic rings. The van der Waals surface area contributed by atoms with Crippen LogP contribution >= 0.6 is 11.6 Å². The van der Waals surface area contributed by atoms with Crippen molar-refractivity contribution in [1.29, 1.82) is 0 Å². The Morgan fingerprint density at radius 3 is 2.50 bits per heavy atom. The summed E-state index contributed by atoms with van der Waals surface area (Å²) in [7, 11) is 0. The van der Waals surface area contributed by atoms with Crippen molar-refractivity contribution < 1.29 is 9.53 Å². The molecule has 0 aliphatic carbocycles. The zero-order valence-corrected chi connectivity index (χ0v) is 16.6. The number of benzene rings is 2. The van der Waals surface area contributed by atoms with E-state index in [1.54, 1.807) is 12.1 Å². The number of aryl methyl sites for hydroxylation is 1. The summed E-state index contributed by atoms with van der Waals surface area (Å²) in [6.07, 6.45) is 1.96. The van der Waals surface area contributed by atoms with E-state index < -0.39 is 6.10 Å². The van der Waals surface area contributed by atoms with E-state index in [0.717, 1.165) is 12.8 Å². The highest BCUT2D eigenvalue weighted by Crippen LogP contribution is 2.19. The number of amides is 1. The molecule has 0 saturated carbocycles. The Morgan fingerprint density at radius 2 is 1.88 bits per heavy atom. The number of carbonyl (C=O) groups excluding carboxylic acids is 1. The van der Waals surface area contributed by atoms with Gasteiger partial charge in [-0.25, -0.2) is 0 Å².